The zero-order valence-corrected chi connectivity index (χ0v) is 11.5. The van der Waals surface area contributed by atoms with Crippen molar-refractivity contribution in [1.82, 2.24) is 0 Å². The predicted octanol–water partition coefficient (Wildman–Crippen LogP) is 2.81. The zero-order chi connectivity index (χ0) is 15.0. The summed E-state index contributed by atoms with van der Waals surface area (Å²) in [5.74, 6) is 0. The van der Waals surface area contributed by atoms with E-state index in [-0.39, 0.29) is 11.3 Å². The van der Waals surface area contributed by atoms with Crippen LogP contribution in [0.15, 0.2) is 18.2 Å². The Labute approximate surface area is 116 Å². The van der Waals surface area contributed by atoms with Gasteiger partial charge in [0, 0.05) is 18.8 Å². The monoisotopic (exact) mass is 289 g/mol. The number of nitrogens with zero attached hydrogens (tertiary/aromatic N) is 1. The molecule has 20 heavy (non-hydrogen) atoms. The number of halogens is 3. The van der Waals surface area contributed by atoms with Crippen LogP contribution in [0, 0.1) is 0 Å². The fourth-order valence-corrected chi connectivity index (χ4v) is 2.41. The van der Waals surface area contributed by atoms with Crippen molar-refractivity contribution in [3.05, 3.63) is 29.3 Å². The summed E-state index contributed by atoms with van der Waals surface area (Å²) < 4.78 is 45.0. The van der Waals surface area contributed by atoms with Crippen molar-refractivity contribution in [3.63, 3.8) is 0 Å². The minimum absolute atomic E-state index is 0.145. The molecular weight excluding hydrogens is 271 g/mol. The molecule has 0 spiro atoms. The van der Waals surface area contributed by atoms with Gasteiger partial charge in [-0.2, -0.15) is 13.2 Å². The van der Waals surface area contributed by atoms with Crippen LogP contribution in [0.4, 0.5) is 18.9 Å². The van der Waals surface area contributed by atoms with E-state index in [1.807, 2.05) is 13.8 Å². The normalized spacial score (nSPS) is 19.2. The Balaban J connectivity index is 2.40. The lowest BCUT2D eigenvalue weighted by atomic mass is 10.0. The second kappa shape index (κ2) is 5.26. The first-order valence-corrected chi connectivity index (χ1v) is 6.43. The molecule has 1 aliphatic heterocycles. The number of aliphatic hydroxyl groups excluding tert-OH is 1. The molecule has 2 rings (SSSR count). The van der Waals surface area contributed by atoms with Crippen molar-refractivity contribution in [2.45, 2.75) is 32.2 Å². The Morgan fingerprint density at radius 3 is 2.60 bits per heavy atom. The molecule has 3 nitrogen and oxygen atoms in total. The average molecular weight is 289 g/mol. The fraction of sp³-hybridized carbons (Fsp3) is 0.571. The molecule has 112 valence electrons. The number of anilines is 1. The number of ether oxygens (including phenoxy) is 1. The van der Waals surface area contributed by atoms with E-state index in [0.29, 0.717) is 19.7 Å². The van der Waals surface area contributed by atoms with Gasteiger partial charge in [-0.25, -0.2) is 0 Å². The van der Waals surface area contributed by atoms with Crippen LogP contribution in [0.2, 0.25) is 0 Å². The highest BCUT2D eigenvalue weighted by Crippen LogP contribution is 2.38. The summed E-state index contributed by atoms with van der Waals surface area (Å²) in [5, 5.41) is 9.01. The van der Waals surface area contributed by atoms with Crippen LogP contribution in [0.3, 0.4) is 0 Å². The van der Waals surface area contributed by atoms with Gasteiger partial charge in [-0.05, 0) is 31.5 Å². The van der Waals surface area contributed by atoms with Crippen molar-refractivity contribution in [2.75, 3.05) is 24.6 Å². The van der Waals surface area contributed by atoms with Gasteiger partial charge in [0.2, 0.25) is 0 Å². The lowest BCUT2D eigenvalue weighted by molar-refractivity contribution is -0.137. The summed E-state index contributed by atoms with van der Waals surface area (Å²) >= 11 is 0. The molecule has 0 saturated carbocycles. The second-order valence-electron chi connectivity index (χ2n) is 5.54. The molecule has 1 saturated heterocycles. The Morgan fingerprint density at radius 1 is 1.35 bits per heavy atom. The van der Waals surface area contributed by atoms with Crippen molar-refractivity contribution in [1.29, 1.82) is 0 Å². The third kappa shape index (κ3) is 3.24. The van der Waals surface area contributed by atoms with Gasteiger partial charge < -0.3 is 14.7 Å². The molecule has 0 unspecified atom stereocenters. The first-order valence-electron chi connectivity index (χ1n) is 6.43. The number of aliphatic hydroxyl groups is 1. The number of hydrogen-bond donors (Lipinski definition) is 1. The van der Waals surface area contributed by atoms with E-state index in [1.54, 1.807) is 4.90 Å². The van der Waals surface area contributed by atoms with Crippen molar-refractivity contribution < 1.29 is 23.0 Å². The summed E-state index contributed by atoms with van der Waals surface area (Å²) in [4.78, 5) is 1.69. The number of hydrogen-bond acceptors (Lipinski definition) is 3. The van der Waals surface area contributed by atoms with Crippen LogP contribution in [0.25, 0.3) is 0 Å². The Morgan fingerprint density at radius 2 is 2.05 bits per heavy atom. The molecule has 1 fully saturated rings. The zero-order valence-electron chi connectivity index (χ0n) is 11.5. The molecule has 0 aliphatic carbocycles. The average Bonchev–Trinajstić information content (AvgIpc) is 2.35. The van der Waals surface area contributed by atoms with Crippen molar-refractivity contribution in [2.24, 2.45) is 0 Å². The summed E-state index contributed by atoms with van der Waals surface area (Å²) in [5.41, 5.74) is -0.780. The van der Waals surface area contributed by atoms with Crippen LogP contribution in [0.5, 0.6) is 0 Å². The topological polar surface area (TPSA) is 32.7 Å². The maximum atomic E-state index is 13.2. The highest BCUT2D eigenvalue weighted by molar-refractivity contribution is 5.57. The van der Waals surface area contributed by atoms with E-state index in [1.165, 1.54) is 12.1 Å². The third-order valence-electron chi connectivity index (χ3n) is 3.32. The minimum Gasteiger partial charge on any atom is -0.392 e. The Hall–Kier alpha value is -1.27. The summed E-state index contributed by atoms with van der Waals surface area (Å²) in [6.45, 7) is 4.52. The molecule has 1 N–H and O–H groups in total. The first kappa shape index (κ1) is 15.1. The van der Waals surface area contributed by atoms with Crippen LogP contribution >= 0.6 is 0 Å². The van der Waals surface area contributed by atoms with Crippen LogP contribution in [0.1, 0.15) is 25.0 Å². The molecule has 1 aromatic rings. The van der Waals surface area contributed by atoms with Gasteiger partial charge in [0.15, 0.2) is 0 Å². The maximum absolute atomic E-state index is 13.2. The summed E-state index contributed by atoms with van der Waals surface area (Å²) in [6, 6.07) is 3.96. The van der Waals surface area contributed by atoms with Crippen LogP contribution < -0.4 is 4.90 Å². The third-order valence-corrected chi connectivity index (χ3v) is 3.32. The first-order chi connectivity index (χ1) is 9.23. The summed E-state index contributed by atoms with van der Waals surface area (Å²) in [6.07, 6.45) is -4.44. The fourth-order valence-electron chi connectivity index (χ4n) is 2.41. The van der Waals surface area contributed by atoms with Gasteiger partial charge in [-0.1, -0.05) is 6.07 Å². The minimum atomic E-state index is -4.44. The van der Waals surface area contributed by atoms with E-state index in [0.717, 1.165) is 6.07 Å². The van der Waals surface area contributed by atoms with Gasteiger partial charge >= 0.3 is 6.18 Å². The molecule has 1 heterocycles. The number of morpholine rings is 1. The maximum Gasteiger partial charge on any atom is 0.418 e. The lowest BCUT2D eigenvalue weighted by Crippen LogP contribution is -2.48. The van der Waals surface area contributed by atoms with Gasteiger partial charge in [-0.3, -0.25) is 0 Å². The largest absolute Gasteiger partial charge is 0.418 e. The Kier molecular flexibility index (Phi) is 3.97. The molecule has 0 aromatic heterocycles. The number of rotatable bonds is 2. The van der Waals surface area contributed by atoms with E-state index in [9.17, 15) is 13.2 Å². The SMILES string of the molecule is CC1(C)CN(c2ccc(CO)cc2C(F)(F)F)CCO1. The van der Waals surface area contributed by atoms with Gasteiger partial charge in [0.1, 0.15) is 0 Å². The van der Waals surface area contributed by atoms with Crippen molar-refractivity contribution in [3.8, 4) is 0 Å². The molecular formula is C14H18F3NO2. The highest BCUT2D eigenvalue weighted by Gasteiger charge is 2.37. The van der Waals surface area contributed by atoms with E-state index in [2.05, 4.69) is 0 Å². The second-order valence-corrected chi connectivity index (χ2v) is 5.54. The molecule has 0 radical (unpaired) electrons. The number of alkyl halides is 3. The van der Waals surface area contributed by atoms with E-state index in [4.69, 9.17) is 9.84 Å². The molecule has 1 aromatic carbocycles. The predicted molar refractivity (Wildman–Crippen MR) is 69.6 cm³/mol. The molecule has 1 aliphatic rings. The standard InChI is InChI=1S/C14H18F3NO2/c1-13(2)9-18(5-6-20-13)12-4-3-10(8-19)7-11(12)14(15,16)17/h3-4,7,19H,5-6,8-9H2,1-2H3. The van der Waals surface area contributed by atoms with Gasteiger partial charge in [0.05, 0.1) is 24.4 Å². The molecule has 0 atom stereocenters. The molecule has 0 amide bonds. The smallest absolute Gasteiger partial charge is 0.392 e. The van der Waals surface area contributed by atoms with Gasteiger partial charge in [0.25, 0.3) is 0 Å². The molecule has 0 bridgehead atoms. The quantitative estimate of drug-likeness (QED) is 0.908. The lowest BCUT2D eigenvalue weighted by Gasteiger charge is -2.40. The van der Waals surface area contributed by atoms with E-state index < -0.39 is 23.9 Å². The number of benzene rings is 1. The van der Waals surface area contributed by atoms with Crippen molar-refractivity contribution >= 4 is 5.69 Å². The Bertz CT molecular complexity index is 486. The van der Waals surface area contributed by atoms with Gasteiger partial charge in [-0.15, -0.1) is 0 Å². The molecule has 6 heteroatoms. The van der Waals surface area contributed by atoms with Crippen LogP contribution in [-0.4, -0.2) is 30.4 Å². The van der Waals surface area contributed by atoms with E-state index >= 15 is 0 Å². The van der Waals surface area contributed by atoms with Crippen LogP contribution in [-0.2, 0) is 17.5 Å². The summed E-state index contributed by atoms with van der Waals surface area (Å²) in [7, 11) is 0. The highest BCUT2D eigenvalue weighted by atomic mass is 19.4.